The molecule has 0 saturated carbocycles. The van der Waals surface area contributed by atoms with Crippen molar-refractivity contribution in [2.75, 3.05) is 0 Å². The molecule has 138 valence electrons. The molecule has 1 N–H and O–H groups in total. The number of hydrogen-bond acceptors (Lipinski definition) is 1. The van der Waals surface area contributed by atoms with E-state index in [0.717, 1.165) is 17.2 Å². The first-order valence-electron chi connectivity index (χ1n) is 8.60. The third kappa shape index (κ3) is 14.7. The molecule has 0 aliphatic rings. The van der Waals surface area contributed by atoms with E-state index in [-0.39, 0.29) is 0 Å². The summed E-state index contributed by atoms with van der Waals surface area (Å²) in [7, 11) is 0. The number of rotatable bonds is 9. The summed E-state index contributed by atoms with van der Waals surface area (Å²) >= 11 is 0. The average molecular weight is 351 g/mol. The molecule has 0 saturated heterocycles. The van der Waals surface area contributed by atoms with Gasteiger partial charge in [0.05, 0.1) is 0 Å². The molecule has 0 heterocycles. The number of allylic oxidation sites excluding steroid dienone is 17. The van der Waals surface area contributed by atoms with E-state index < -0.39 is 5.97 Å². The zero-order valence-electron chi connectivity index (χ0n) is 16.4. The first-order chi connectivity index (χ1) is 12.3. The van der Waals surface area contributed by atoms with Gasteiger partial charge in [0.25, 0.3) is 0 Å². The molecule has 0 aliphatic heterocycles. The van der Waals surface area contributed by atoms with Crippen molar-refractivity contribution in [1.29, 1.82) is 0 Å². The van der Waals surface area contributed by atoms with E-state index >= 15 is 0 Å². The summed E-state index contributed by atoms with van der Waals surface area (Å²) in [6, 6.07) is 0. The standard InChI is InChI=1S/C24H30O2/c1-6-11-20(2)14-9-15-21(3)12-7-8-13-22(4)16-10-17-23(5)18-19-24(25)26/h6-19H,1-5H3,(H,25,26)/b8-7+,11-6+,15-9+,16-10+,19-18+,20-14+,21-12+,22-13+,23-17+. The minimum Gasteiger partial charge on any atom is -0.478 e. The molecule has 2 nitrogen and oxygen atoms in total. The van der Waals surface area contributed by atoms with E-state index in [4.69, 9.17) is 5.11 Å². The molecule has 0 fully saturated rings. The smallest absolute Gasteiger partial charge is 0.328 e. The maximum Gasteiger partial charge on any atom is 0.328 e. The van der Waals surface area contributed by atoms with Crippen LogP contribution in [0.1, 0.15) is 34.6 Å². The van der Waals surface area contributed by atoms with E-state index in [1.54, 1.807) is 6.08 Å². The number of aliphatic carboxylic acids is 1. The summed E-state index contributed by atoms with van der Waals surface area (Å²) in [5.74, 6) is -0.940. The molecule has 0 spiro atoms. The van der Waals surface area contributed by atoms with Gasteiger partial charge in [-0.25, -0.2) is 4.79 Å². The second-order valence-corrected chi connectivity index (χ2v) is 5.92. The Balaban J connectivity index is 4.62. The maximum atomic E-state index is 10.4. The molecule has 0 radical (unpaired) electrons. The molecular formula is C24H30O2. The highest BCUT2D eigenvalue weighted by Gasteiger charge is 1.85. The van der Waals surface area contributed by atoms with Crippen molar-refractivity contribution >= 4 is 5.97 Å². The van der Waals surface area contributed by atoms with Crippen LogP contribution in [0.25, 0.3) is 0 Å². The maximum absolute atomic E-state index is 10.4. The molecule has 0 aromatic heterocycles. The summed E-state index contributed by atoms with van der Waals surface area (Å²) in [6.45, 7) is 10.0. The molecule has 26 heavy (non-hydrogen) atoms. The molecule has 0 atom stereocenters. The Hall–Kier alpha value is -2.87. The van der Waals surface area contributed by atoms with E-state index in [0.29, 0.717) is 0 Å². The molecule has 0 bridgehead atoms. The largest absolute Gasteiger partial charge is 0.478 e. The first-order valence-corrected chi connectivity index (χ1v) is 8.60. The molecule has 0 amide bonds. The summed E-state index contributed by atoms with van der Waals surface area (Å²) in [5, 5.41) is 8.57. The normalized spacial score (nSPS) is 15.6. The van der Waals surface area contributed by atoms with Crippen molar-refractivity contribution in [1.82, 2.24) is 0 Å². The second-order valence-electron chi connectivity index (χ2n) is 5.92. The van der Waals surface area contributed by atoms with Gasteiger partial charge < -0.3 is 5.11 Å². The van der Waals surface area contributed by atoms with Crippen molar-refractivity contribution < 1.29 is 9.90 Å². The lowest BCUT2D eigenvalue weighted by molar-refractivity contribution is -0.131. The third-order valence-electron chi connectivity index (χ3n) is 3.18. The van der Waals surface area contributed by atoms with Crippen molar-refractivity contribution in [3.8, 4) is 0 Å². The van der Waals surface area contributed by atoms with Crippen LogP contribution in [0.2, 0.25) is 0 Å². The van der Waals surface area contributed by atoms with Gasteiger partial charge in [-0.05, 0) is 34.6 Å². The van der Waals surface area contributed by atoms with Crippen LogP contribution in [-0.2, 0) is 4.79 Å². The Kier molecular flexibility index (Phi) is 12.9. The van der Waals surface area contributed by atoms with Crippen LogP contribution in [0.15, 0.2) is 107 Å². The molecule has 0 aromatic carbocycles. The van der Waals surface area contributed by atoms with E-state index in [1.807, 2.05) is 69.4 Å². The fourth-order valence-corrected chi connectivity index (χ4v) is 1.81. The minimum absolute atomic E-state index is 0.885. The molecule has 2 heteroatoms. The Bertz CT molecular complexity index is 715. The van der Waals surface area contributed by atoms with Crippen LogP contribution in [0, 0.1) is 0 Å². The van der Waals surface area contributed by atoms with Crippen LogP contribution >= 0.6 is 0 Å². The zero-order valence-corrected chi connectivity index (χ0v) is 16.4. The average Bonchev–Trinajstić information content (AvgIpc) is 2.57. The van der Waals surface area contributed by atoms with Gasteiger partial charge in [-0.2, -0.15) is 0 Å². The van der Waals surface area contributed by atoms with Gasteiger partial charge in [0.15, 0.2) is 0 Å². The molecule has 0 aliphatic carbocycles. The summed E-state index contributed by atoms with van der Waals surface area (Å²) in [6.07, 6.45) is 26.9. The van der Waals surface area contributed by atoms with Crippen LogP contribution in [-0.4, -0.2) is 11.1 Å². The quantitative estimate of drug-likeness (QED) is 0.373. The Labute approximate surface area is 158 Å². The minimum atomic E-state index is -0.940. The third-order valence-corrected chi connectivity index (χ3v) is 3.18. The van der Waals surface area contributed by atoms with Crippen molar-refractivity contribution in [3.63, 3.8) is 0 Å². The van der Waals surface area contributed by atoms with Gasteiger partial charge in [-0.15, -0.1) is 0 Å². The number of carbonyl (C=O) groups is 1. The topological polar surface area (TPSA) is 37.3 Å². The van der Waals surface area contributed by atoms with E-state index in [9.17, 15) is 4.79 Å². The van der Waals surface area contributed by atoms with E-state index in [2.05, 4.69) is 38.2 Å². The first kappa shape index (κ1) is 23.1. The van der Waals surface area contributed by atoms with Gasteiger partial charge in [-0.3, -0.25) is 0 Å². The van der Waals surface area contributed by atoms with Gasteiger partial charge in [0.1, 0.15) is 0 Å². The number of carboxylic acid groups (broad SMARTS) is 1. The Morgan fingerprint density at radius 2 is 0.962 bits per heavy atom. The van der Waals surface area contributed by atoms with Gasteiger partial charge in [0.2, 0.25) is 0 Å². The lowest BCUT2D eigenvalue weighted by atomic mass is 10.2. The van der Waals surface area contributed by atoms with Crippen molar-refractivity contribution in [2.45, 2.75) is 34.6 Å². The fourth-order valence-electron chi connectivity index (χ4n) is 1.81. The Morgan fingerprint density at radius 1 is 0.577 bits per heavy atom. The van der Waals surface area contributed by atoms with Crippen LogP contribution in [0.3, 0.4) is 0 Å². The number of carboxylic acids is 1. The summed E-state index contributed by atoms with van der Waals surface area (Å²) < 4.78 is 0. The monoisotopic (exact) mass is 350 g/mol. The Morgan fingerprint density at radius 3 is 1.38 bits per heavy atom. The van der Waals surface area contributed by atoms with Crippen molar-refractivity contribution in [2.24, 2.45) is 0 Å². The zero-order chi connectivity index (χ0) is 19.8. The highest BCUT2D eigenvalue weighted by Crippen LogP contribution is 2.02. The predicted octanol–water partition coefficient (Wildman–Crippen LogP) is 6.66. The van der Waals surface area contributed by atoms with Gasteiger partial charge in [0, 0.05) is 6.08 Å². The lowest BCUT2D eigenvalue weighted by Gasteiger charge is -1.90. The highest BCUT2D eigenvalue weighted by atomic mass is 16.4. The highest BCUT2D eigenvalue weighted by molar-refractivity contribution is 5.80. The van der Waals surface area contributed by atoms with Gasteiger partial charge >= 0.3 is 5.97 Å². The van der Waals surface area contributed by atoms with Crippen LogP contribution < -0.4 is 0 Å². The van der Waals surface area contributed by atoms with Crippen LogP contribution in [0.5, 0.6) is 0 Å². The van der Waals surface area contributed by atoms with E-state index in [1.165, 1.54) is 11.1 Å². The fraction of sp³-hybridized carbons (Fsp3) is 0.208. The summed E-state index contributed by atoms with van der Waals surface area (Å²) in [4.78, 5) is 10.4. The molecule has 0 unspecified atom stereocenters. The van der Waals surface area contributed by atoms with Crippen molar-refractivity contribution in [3.05, 3.63) is 107 Å². The molecule has 0 rings (SSSR count). The van der Waals surface area contributed by atoms with Crippen LogP contribution in [0.4, 0.5) is 0 Å². The number of hydrogen-bond donors (Lipinski definition) is 1. The predicted molar refractivity (Wildman–Crippen MR) is 114 cm³/mol. The van der Waals surface area contributed by atoms with Gasteiger partial charge in [-0.1, -0.05) is 101 Å². The second kappa shape index (κ2) is 14.5. The lowest BCUT2D eigenvalue weighted by Crippen LogP contribution is -1.85. The SMILES string of the molecule is C/C=C/C(C)=C/C=C/C(C)=C/C=C/C=C(C)/C=C/C=C(C)/C=C/C(=O)O. The summed E-state index contributed by atoms with van der Waals surface area (Å²) in [5.41, 5.74) is 4.39. The molecule has 0 aromatic rings. The molecular weight excluding hydrogens is 320 g/mol.